The molecule has 0 aliphatic heterocycles. The van der Waals surface area contributed by atoms with E-state index in [1.165, 1.54) is 0 Å². The highest BCUT2D eigenvalue weighted by molar-refractivity contribution is 5.95. The summed E-state index contributed by atoms with van der Waals surface area (Å²) in [6.45, 7) is 0.506. The van der Waals surface area contributed by atoms with Crippen molar-refractivity contribution >= 4 is 5.78 Å². The number of nitrogens with zero attached hydrogens (tertiary/aromatic N) is 2. The van der Waals surface area contributed by atoms with E-state index in [4.69, 9.17) is 5.21 Å². The number of rotatable bonds is 5. The van der Waals surface area contributed by atoms with Gasteiger partial charge in [-0.1, -0.05) is 0 Å². The van der Waals surface area contributed by atoms with Crippen LogP contribution in [0.25, 0.3) is 0 Å². The minimum Gasteiger partial charge on any atom is -0.314 e. The molecule has 0 aliphatic rings. The number of carbonyl (C=O) groups excluding carboxylic acids is 1. The molecule has 0 radical (unpaired) electrons. The van der Waals surface area contributed by atoms with Crippen molar-refractivity contribution in [2.24, 2.45) is 0 Å². The van der Waals surface area contributed by atoms with Crippen molar-refractivity contribution in [1.82, 2.24) is 10.0 Å². The molecule has 0 saturated heterocycles. The second kappa shape index (κ2) is 5.47. The van der Waals surface area contributed by atoms with Crippen LogP contribution in [-0.2, 0) is 0 Å². The summed E-state index contributed by atoms with van der Waals surface area (Å²) in [6.07, 6.45) is 4.29. The minimum absolute atomic E-state index is 0.0694. The van der Waals surface area contributed by atoms with Gasteiger partial charge in [0.2, 0.25) is 0 Å². The topological polar surface area (TPSA) is 53.4 Å². The molecule has 0 atom stereocenters. The van der Waals surface area contributed by atoms with E-state index < -0.39 is 0 Å². The average Bonchev–Trinajstić information content (AvgIpc) is 2.18. The van der Waals surface area contributed by atoms with E-state index in [9.17, 15) is 4.79 Å². The van der Waals surface area contributed by atoms with E-state index in [0.29, 0.717) is 24.9 Å². The molecule has 1 heterocycles. The molecule has 1 aromatic heterocycles. The van der Waals surface area contributed by atoms with Gasteiger partial charge in [-0.25, -0.2) is 0 Å². The maximum atomic E-state index is 11.5. The standard InChI is InChI=1S/C10H14N2O2/c1-12(14)7-3-5-10(13)9-4-2-6-11-8-9/h2,4,6,8,14H,3,5,7H2,1H3. The van der Waals surface area contributed by atoms with Crippen molar-refractivity contribution in [2.75, 3.05) is 13.6 Å². The molecular formula is C10H14N2O2. The summed E-state index contributed by atoms with van der Waals surface area (Å²) in [4.78, 5) is 15.4. The van der Waals surface area contributed by atoms with Gasteiger partial charge in [0.1, 0.15) is 0 Å². The third kappa shape index (κ3) is 3.64. The van der Waals surface area contributed by atoms with Crippen LogP contribution in [0.1, 0.15) is 23.2 Å². The Labute approximate surface area is 83.1 Å². The number of hydrogen-bond acceptors (Lipinski definition) is 4. The highest BCUT2D eigenvalue weighted by atomic mass is 16.5. The molecule has 4 heteroatoms. The lowest BCUT2D eigenvalue weighted by atomic mass is 10.1. The highest BCUT2D eigenvalue weighted by Gasteiger charge is 2.05. The molecule has 0 bridgehead atoms. The fraction of sp³-hybridized carbons (Fsp3) is 0.400. The largest absolute Gasteiger partial charge is 0.314 e. The molecule has 0 aliphatic carbocycles. The summed E-state index contributed by atoms with van der Waals surface area (Å²) in [6, 6.07) is 3.49. The highest BCUT2D eigenvalue weighted by Crippen LogP contribution is 2.03. The first-order chi connectivity index (χ1) is 6.70. The maximum Gasteiger partial charge on any atom is 0.164 e. The van der Waals surface area contributed by atoms with Gasteiger partial charge in [-0.15, -0.1) is 0 Å². The minimum atomic E-state index is 0.0694. The van der Waals surface area contributed by atoms with Gasteiger partial charge in [-0.05, 0) is 18.6 Å². The van der Waals surface area contributed by atoms with Crippen molar-refractivity contribution in [3.8, 4) is 0 Å². The van der Waals surface area contributed by atoms with Gasteiger partial charge in [0.15, 0.2) is 5.78 Å². The van der Waals surface area contributed by atoms with Gasteiger partial charge in [-0.3, -0.25) is 9.78 Å². The molecule has 0 amide bonds. The van der Waals surface area contributed by atoms with Crippen LogP contribution in [0, 0.1) is 0 Å². The third-order valence-electron chi connectivity index (χ3n) is 1.87. The summed E-state index contributed by atoms with van der Waals surface area (Å²) in [5.74, 6) is 0.0694. The van der Waals surface area contributed by atoms with Crippen LogP contribution in [0.3, 0.4) is 0 Å². The summed E-state index contributed by atoms with van der Waals surface area (Å²) >= 11 is 0. The predicted molar refractivity (Wildman–Crippen MR) is 52.2 cm³/mol. The molecular weight excluding hydrogens is 180 g/mol. The molecule has 0 aromatic carbocycles. The molecule has 0 unspecified atom stereocenters. The lowest BCUT2D eigenvalue weighted by Crippen LogP contribution is -2.15. The van der Waals surface area contributed by atoms with E-state index in [0.717, 1.165) is 5.06 Å². The van der Waals surface area contributed by atoms with Crippen molar-refractivity contribution < 1.29 is 10.0 Å². The van der Waals surface area contributed by atoms with Crippen LogP contribution in [0.15, 0.2) is 24.5 Å². The summed E-state index contributed by atoms with van der Waals surface area (Å²) < 4.78 is 0. The number of carbonyl (C=O) groups is 1. The first kappa shape index (κ1) is 10.8. The van der Waals surface area contributed by atoms with Gasteiger partial charge >= 0.3 is 0 Å². The van der Waals surface area contributed by atoms with E-state index in [-0.39, 0.29) is 5.78 Å². The number of pyridine rings is 1. The number of aromatic nitrogens is 1. The van der Waals surface area contributed by atoms with Crippen LogP contribution in [-0.4, -0.2) is 34.6 Å². The van der Waals surface area contributed by atoms with Crippen LogP contribution < -0.4 is 0 Å². The summed E-state index contributed by atoms with van der Waals surface area (Å²) in [7, 11) is 1.56. The molecule has 0 spiro atoms. The fourth-order valence-corrected chi connectivity index (χ4v) is 1.14. The Morgan fingerprint density at radius 3 is 3.00 bits per heavy atom. The van der Waals surface area contributed by atoms with E-state index in [2.05, 4.69) is 4.98 Å². The number of hydroxylamine groups is 2. The summed E-state index contributed by atoms with van der Waals surface area (Å²) in [5, 5.41) is 9.93. The van der Waals surface area contributed by atoms with E-state index in [1.807, 2.05) is 0 Å². The Hall–Kier alpha value is -1.26. The van der Waals surface area contributed by atoms with Crippen molar-refractivity contribution in [2.45, 2.75) is 12.8 Å². The molecule has 0 saturated carbocycles. The molecule has 1 rings (SSSR count). The van der Waals surface area contributed by atoms with E-state index >= 15 is 0 Å². The molecule has 1 aromatic rings. The molecule has 14 heavy (non-hydrogen) atoms. The molecule has 1 N–H and O–H groups in total. The zero-order valence-corrected chi connectivity index (χ0v) is 8.18. The smallest absolute Gasteiger partial charge is 0.164 e. The Kier molecular flexibility index (Phi) is 4.22. The summed E-state index contributed by atoms with van der Waals surface area (Å²) in [5.41, 5.74) is 0.632. The first-order valence-corrected chi connectivity index (χ1v) is 4.53. The SMILES string of the molecule is CN(O)CCCC(=O)c1cccnc1. The zero-order chi connectivity index (χ0) is 10.4. The van der Waals surface area contributed by atoms with Crippen LogP contribution in [0.4, 0.5) is 0 Å². The van der Waals surface area contributed by atoms with Crippen molar-refractivity contribution in [3.05, 3.63) is 30.1 Å². The zero-order valence-electron chi connectivity index (χ0n) is 8.18. The lowest BCUT2D eigenvalue weighted by Gasteiger charge is -2.06. The number of ketones is 1. The Balaban J connectivity index is 2.36. The molecule has 0 fully saturated rings. The Morgan fingerprint density at radius 2 is 2.43 bits per heavy atom. The normalized spacial score (nSPS) is 10.5. The fourth-order valence-electron chi connectivity index (χ4n) is 1.14. The quantitative estimate of drug-likeness (QED) is 0.568. The van der Waals surface area contributed by atoms with Gasteiger partial charge < -0.3 is 5.21 Å². The predicted octanol–water partition coefficient (Wildman–Crippen LogP) is 1.37. The van der Waals surface area contributed by atoms with Crippen LogP contribution in [0.5, 0.6) is 0 Å². The van der Waals surface area contributed by atoms with Gasteiger partial charge in [0.25, 0.3) is 0 Å². The van der Waals surface area contributed by atoms with Gasteiger partial charge in [0, 0.05) is 38.0 Å². The van der Waals surface area contributed by atoms with Gasteiger partial charge in [-0.2, -0.15) is 5.06 Å². The first-order valence-electron chi connectivity index (χ1n) is 4.53. The molecule has 4 nitrogen and oxygen atoms in total. The molecule has 76 valence electrons. The average molecular weight is 194 g/mol. The van der Waals surface area contributed by atoms with Crippen LogP contribution in [0.2, 0.25) is 0 Å². The Morgan fingerprint density at radius 1 is 1.64 bits per heavy atom. The third-order valence-corrected chi connectivity index (χ3v) is 1.87. The monoisotopic (exact) mass is 194 g/mol. The van der Waals surface area contributed by atoms with Gasteiger partial charge in [0.05, 0.1) is 0 Å². The van der Waals surface area contributed by atoms with Crippen LogP contribution >= 0.6 is 0 Å². The van der Waals surface area contributed by atoms with Crippen molar-refractivity contribution in [1.29, 1.82) is 0 Å². The number of hydrogen-bond donors (Lipinski definition) is 1. The number of Topliss-reactive ketones (excluding diaryl/α,β-unsaturated/α-hetero) is 1. The second-order valence-electron chi connectivity index (χ2n) is 3.15. The Bertz CT molecular complexity index is 285. The van der Waals surface area contributed by atoms with E-state index in [1.54, 1.807) is 31.6 Å². The second-order valence-corrected chi connectivity index (χ2v) is 3.15. The maximum absolute atomic E-state index is 11.5. The lowest BCUT2D eigenvalue weighted by molar-refractivity contribution is -0.0650. The van der Waals surface area contributed by atoms with Crippen molar-refractivity contribution in [3.63, 3.8) is 0 Å².